The molecule has 3 rings (SSSR count). The molecule has 118 valence electrons. The fraction of sp³-hybridized carbons (Fsp3) is 0.176. The van der Waals surface area contributed by atoms with Crippen LogP contribution >= 0.6 is 34.7 Å². The highest BCUT2D eigenvalue weighted by atomic mass is 35.5. The first-order chi connectivity index (χ1) is 11.1. The predicted octanol–water partition coefficient (Wildman–Crippen LogP) is 5.62. The van der Waals surface area contributed by atoms with Gasteiger partial charge in [0.2, 0.25) is 0 Å². The Morgan fingerprint density at radius 1 is 1.35 bits per heavy atom. The highest BCUT2D eigenvalue weighted by molar-refractivity contribution is 7.99. The molecule has 3 nitrogen and oxygen atoms in total. The molecule has 0 unspecified atom stereocenters. The molecule has 3 aromatic rings. The van der Waals surface area contributed by atoms with Gasteiger partial charge >= 0.3 is 0 Å². The largest absolute Gasteiger partial charge is 0.298 e. The number of carbonyl (C=O) groups is 1. The lowest BCUT2D eigenvalue weighted by Crippen LogP contribution is -2.12. The summed E-state index contributed by atoms with van der Waals surface area (Å²) < 4.78 is 0.974. The molecule has 1 N–H and O–H groups in total. The van der Waals surface area contributed by atoms with Gasteiger partial charge in [-0.2, -0.15) is 0 Å². The number of halogens is 1. The number of anilines is 1. The fourth-order valence-corrected chi connectivity index (χ4v) is 4.43. The number of aromatic nitrogens is 1. The maximum Gasteiger partial charge on any atom is 0.258 e. The monoisotopic (exact) mass is 362 g/mol. The highest BCUT2D eigenvalue weighted by Crippen LogP contribution is 2.31. The number of thiazole rings is 1. The first kappa shape index (κ1) is 16.3. The minimum Gasteiger partial charge on any atom is -0.298 e. The van der Waals surface area contributed by atoms with Crippen LogP contribution in [0.4, 0.5) is 5.13 Å². The molecule has 23 heavy (non-hydrogen) atoms. The van der Waals surface area contributed by atoms with Crippen LogP contribution in [0.3, 0.4) is 0 Å². The third-order valence-corrected chi connectivity index (χ3v) is 5.39. The predicted molar refractivity (Wildman–Crippen MR) is 100 cm³/mol. The van der Waals surface area contributed by atoms with Crippen molar-refractivity contribution in [2.45, 2.75) is 18.7 Å². The Bertz CT molecular complexity index is 876. The van der Waals surface area contributed by atoms with Crippen molar-refractivity contribution >= 4 is 56.0 Å². The number of benzene rings is 2. The van der Waals surface area contributed by atoms with Crippen molar-refractivity contribution in [1.82, 2.24) is 4.98 Å². The van der Waals surface area contributed by atoms with Gasteiger partial charge in [0.1, 0.15) is 0 Å². The Morgan fingerprint density at radius 3 is 2.91 bits per heavy atom. The summed E-state index contributed by atoms with van der Waals surface area (Å²) in [5.41, 5.74) is 2.56. The van der Waals surface area contributed by atoms with Crippen molar-refractivity contribution in [3.8, 4) is 0 Å². The van der Waals surface area contributed by atoms with Gasteiger partial charge in [0.25, 0.3) is 5.91 Å². The second-order valence-electron chi connectivity index (χ2n) is 4.97. The number of aryl methyl sites for hydroxylation is 1. The normalized spacial score (nSPS) is 10.9. The van der Waals surface area contributed by atoms with Crippen molar-refractivity contribution in [3.63, 3.8) is 0 Å². The Kier molecular flexibility index (Phi) is 4.90. The van der Waals surface area contributed by atoms with Crippen LogP contribution in [-0.4, -0.2) is 16.6 Å². The van der Waals surface area contributed by atoms with Crippen molar-refractivity contribution in [2.24, 2.45) is 0 Å². The third kappa shape index (κ3) is 3.52. The Hall–Kier alpha value is -1.56. The van der Waals surface area contributed by atoms with E-state index in [1.165, 1.54) is 11.3 Å². The lowest BCUT2D eigenvalue weighted by atomic mass is 10.2. The van der Waals surface area contributed by atoms with E-state index in [-0.39, 0.29) is 5.91 Å². The molecule has 1 aromatic heterocycles. The van der Waals surface area contributed by atoms with Crippen molar-refractivity contribution in [1.29, 1.82) is 0 Å². The zero-order chi connectivity index (χ0) is 16.4. The van der Waals surface area contributed by atoms with E-state index >= 15 is 0 Å². The summed E-state index contributed by atoms with van der Waals surface area (Å²) in [5.74, 6) is 0.785. The number of fused-ring (bicyclic) bond motifs is 1. The first-order valence-electron chi connectivity index (χ1n) is 7.18. The number of rotatable bonds is 4. The van der Waals surface area contributed by atoms with Gasteiger partial charge in [0.15, 0.2) is 5.13 Å². The SMILES string of the molecule is CCSc1ccccc1C(=O)Nc1nc2c(C)cc(Cl)cc2s1. The van der Waals surface area contributed by atoms with Crippen molar-refractivity contribution in [2.75, 3.05) is 11.1 Å². The maximum absolute atomic E-state index is 12.6. The van der Waals surface area contributed by atoms with Crippen LogP contribution in [0.1, 0.15) is 22.8 Å². The quantitative estimate of drug-likeness (QED) is 0.612. The zero-order valence-electron chi connectivity index (χ0n) is 12.7. The van der Waals surface area contributed by atoms with E-state index in [4.69, 9.17) is 11.6 Å². The molecule has 0 aliphatic rings. The maximum atomic E-state index is 12.6. The molecule has 0 saturated carbocycles. The lowest BCUT2D eigenvalue weighted by Gasteiger charge is -2.07. The summed E-state index contributed by atoms with van der Waals surface area (Å²) in [6.07, 6.45) is 0. The molecular weight excluding hydrogens is 348 g/mol. The molecule has 1 heterocycles. The second-order valence-corrected chi connectivity index (χ2v) is 7.74. The van der Waals surface area contributed by atoms with Crippen LogP contribution in [0.2, 0.25) is 5.02 Å². The Morgan fingerprint density at radius 2 is 2.13 bits per heavy atom. The van der Waals surface area contributed by atoms with Gasteiger partial charge in [0.05, 0.1) is 15.8 Å². The molecule has 0 fully saturated rings. The molecule has 0 spiro atoms. The number of nitrogens with zero attached hydrogens (tertiary/aromatic N) is 1. The van der Waals surface area contributed by atoms with E-state index in [0.717, 1.165) is 26.4 Å². The van der Waals surface area contributed by atoms with Crippen LogP contribution in [0.5, 0.6) is 0 Å². The number of hydrogen-bond donors (Lipinski definition) is 1. The van der Waals surface area contributed by atoms with E-state index in [1.54, 1.807) is 11.8 Å². The highest BCUT2D eigenvalue weighted by Gasteiger charge is 2.14. The molecular formula is C17H15ClN2OS2. The minimum absolute atomic E-state index is 0.135. The summed E-state index contributed by atoms with van der Waals surface area (Å²) in [5, 5.41) is 4.18. The van der Waals surface area contributed by atoms with Crippen LogP contribution in [0.15, 0.2) is 41.3 Å². The Labute approximate surface area is 148 Å². The van der Waals surface area contributed by atoms with Crippen LogP contribution < -0.4 is 5.32 Å². The van der Waals surface area contributed by atoms with Gasteiger partial charge in [0, 0.05) is 9.92 Å². The summed E-state index contributed by atoms with van der Waals surface area (Å²) >= 11 is 9.17. The standard InChI is InChI=1S/C17H15ClN2OS2/c1-3-22-13-7-5-4-6-12(13)16(21)20-17-19-15-10(2)8-11(18)9-14(15)23-17/h4-9H,3H2,1-2H3,(H,19,20,21). The fourth-order valence-electron chi connectivity index (χ4n) is 2.31. The minimum atomic E-state index is -0.135. The molecule has 0 aliphatic heterocycles. The van der Waals surface area contributed by atoms with Crippen LogP contribution in [0.25, 0.3) is 10.2 Å². The first-order valence-corrected chi connectivity index (χ1v) is 9.36. The second kappa shape index (κ2) is 6.91. The smallest absolute Gasteiger partial charge is 0.258 e. The Balaban J connectivity index is 1.90. The number of thioether (sulfide) groups is 1. The van der Waals surface area contributed by atoms with Gasteiger partial charge in [-0.15, -0.1) is 11.8 Å². The molecule has 0 atom stereocenters. The molecule has 6 heteroatoms. The van der Waals surface area contributed by atoms with Crippen LogP contribution in [-0.2, 0) is 0 Å². The van der Waals surface area contributed by atoms with Gasteiger partial charge in [-0.05, 0) is 42.5 Å². The summed E-state index contributed by atoms with van der Waals surface area (Å²) in [6, 6.07) is 11.4. The van der Waals surface area contributed by atoms with E-state index < -0.39 is 0 Å². The average molecular weight is 363 g/mol. The van der Waals surface area contributed by atoms with E-state index in [1.807, 2.05) is 43.3 Å². The number of nitrogens with one attached hydrogen (secondary N) is 1. The molecule has 1 amide bonds. The summed E-state index contributed by atoms with van der Waals surface area (Å²) in [4.78, 5) is 18.0. The number of carbonyl (C=O) groups excluding carboxylic acids is 1. The van der Waals surface area contributed by atoms with Gasteiger partial charge in [-0.25, -0.2) is 4.98 Å². The van der Waals surface area contributed by atoms with Gasteiger partial charge in [-0.3, -0.25) is 10.1 Å². The average Bonchev–Trinajstić information content (AvgIpc) is 2.90. The number of amides is 1. The van der Waals surface area contributed by atoms with Crippen molar-refractivity contribution in [3.05, 3.63) is 52.5 Å². The third-order valence-electron chi connectivity index (χ3n) is 3.30. The zero-order valence-corrected chi connectivity index (χ0v) is 15.1. The molecule has 0 bridgehead atoms. The summed E-state index contributed by atoms with van der Waals surface area (Å²) in [6.45, 7) is 4.03. The topological polar surface area (TPSA) is 42.0 Å². The van der Waals surface area contributed by atoms with E-state index in [9.17, 15) is 4.79 Å². The lowest BCUT2D eigenvalue weighted by molar-refractivity contribution is 0.102. The molecule has 0 saturated heterocycles. The molecule has 0 aliphatic carbocycles. The molecule has 2 aromatic carbocycles. The molecule has 0 radical (unpaired) electrons. The van der Waals surface area contributed by atoms with Crippen LogP contribution in [0, 0.1) is 6.92 Å². The van der Waals surface area contributed by atoms with E-state index in [2.05, 4.69) is 17.2 Å². The van der Waals surface area contributed by atoms with Crippen molar-refractivity contribution < 1.29 is 4.79 Å². The number of hydrogen-bond acceptors (Lipinski definition) is 4. The van der Waals surface area contributed by atoms with E-state index in [0.29, 0.717) is 15.7 Å². The van der Waals surface area contributed by atoms with Gasteiger partial charge in [-0.1, -0.05) is 42.0 Å². The summed E-state index contributed by atoms with van der Waals surface area (Å²) in [7, 11) is 0. The van der Waals surface area contributed by atoms with Gasteiger partial charge < -0.3 is 0 Å².